The number of rotatable bonds is 9. The van der Waals surface area contributed by atoms with Crippen LogP contribution >= 0.6 is 0 Å². The maximum atomic E-state index is 11.8. The summed E-state index contributed by atoms with van der Waals surface area (Å²) < 4.78 is 2.12. The van der Waals surface area contributed by atoms with Gasteiger partial charge in [-0.25, -0.2) is 4.98 Å². The second-order valence-corrected chi connectivity index (χ2v) is 8.05. The normalized spacial score (nSPS) is 13.6. The molecular weight excluding hydrogens is 398 g/mol. The highest BCUT2D eigenvalue weighted by Crippen LogP contribution is 2.25. The number of H-pyrrole nitrogens is 1. The summed E-state index contributed by atoms with van der Waals surface area (Å²) in [6.07, 6.45) is 0.659. The molecule has 0 radical (unpaired) electrons. The molecule has 3 aromatic rings. The highest BCUT2D eigenvalue weighted by Gasteiger charge is 2.22. The summed E-state index contributed by atoms with van der Waals surface area (Å²) in [5, 5.41) is 21.8. The number of fused-ring (bicyclic) bond motifs is 1. The third-order valence-corrected chi connectivity index (χ3v) is 5.21. The number of nitrogens with one attached hydrogen (secondary N) is 2. The van der Waals surface area contributed by atoms with Crippen LogP contribution in [0.15, 0.2) is 35.3 Å². The van der Waals surface area contributed by atoms with Crippen LogP contribution in [0.1, 0.15) is 18.1 Å². The Morgan fingerprint density at radius 3 is 2.68 bits per heavy atom. The summed E-state index contributed by atoms with van der Waals surface area (Å²) in [6, 6.07) is 6.58. The number of aromatic amines is 1. The van der Waals surface area contributed by atoms with Gasteiger partial charge in [0.15, 0.2) is 0 Å². The van der Waals surface area contributed by atoms with E-state index in [9.17, 15) is 19.8 Å². The van der Waals surface area contributed by atoms with E-state index in [2.05, 4.69) is 19.8 Å². The van der Waals surface area contributed by atoms with Gasteiger partial charge in [-0.1, -0.05) is 6.07 Å². The molecule has 0 aliphatic rings. The van der Waals surface area contributed by atoms with Crippen LogP contribution in [0.25, 0.3) is 22.4 Å². The van der Waals surface area contributed by atoms with E-state index < -0.39 is 18.1 Å². The van der Waals surface area contributed by atoms with Crippen LogP contribution in [0.4, 0.5) is 0 Å². The first-order valence-electron chi connectivity index (χ1n) is 10.1. The van der Waals surface area contributed by atoms with E-state index in [0.717, 1.165) is 41.1 Å². The number of aromatic nitrogens is 3. The van der Waals surface area contributed by atoms with E-state index >= 15 is 0 Å². The number of benzene rings is 1. The topological polar surface area (TPSA) is 123 Å². The third kappa shape index (κ3) is 5.19. The average molecular weight is 428 g/mol. The monoisotopic (exact) mass is 427 g/mol. The van der Waals surface area contributed by atoms with Gasteiger partial charge in [-0.15, -0.1) is 0 Å². The molecule has 9 nitrogen and oxygen atoms in total. The van der Waals surface area contributed by atoms with Gasteiger partial charge >= 0.3 is 5.97 Å². The van der Waals surface area contributed by atoms with Gasteiger partial charge in [0.2, 0.25) is 0 Å². The fraction of sp³-hybridized carbons (Fsp3) is 0.409. The molecule has 4 N–H and O–H groups in total. The van der Waals surface area contributed by atoms with Gasteiger partial charge in [0.1, 0.15) is 11.9 Å². The first-order chi connectivity index (χ1) is 14.7. The number of aliphatic hydroxyl groups is 1. The Morgan fingerprint density at radius 1 is 1.32 bits per heavy atom. The number of aryl methyl sites for hydroxylation is 1. The molecule has 166 valence electrons. The number of aliphatic carboxylic acids is 1. The summed E-state index contributed by atoms with van der Waals surface area (Å²) in [5.41, 5.74) is 3.91. The van der Waals surface area contributed by atoms with Crippen molar-refractivity contribution in [2.24, 2.45) is 0 Å². The molecule has 31 heavy (non-hydrogen) atoms. The number of carbonyl (C=O) groups is 1. The lowest BCUT2D eigenvalue weighted by Gasteiger charge is -2.17. The van der Waals surface area contributed by atoms with Crippen LogP contribution in [0, 0.1) is 6.92 Å². The van der Waals surface area contributed by atoms with Gasteiger partial charge < -0.3 is 24.7 Å². The number of pyridine rings is 1. The second-order valence-electron chi connectivity index (χ2n) is 8.05. The zero-order valence-corrected chi connectivity index (χ0v) is 18.2. The van der Waals surface area contributed by atoms with Crippen molar-refractivity contribution in [1.29, 1.82) is 0 Å². The fourth-order valence-corrected chi connectivity index (χ4v) is 3.45. The van der Waals surface area contributed by atoms with Crippen molar-refractivity contribution in [2.45, 2.75) is 39.1 Å². The van der Waals surface area contributed by atoms with Crippen LogP contribution < -0.4 is 10.9 Å². The van der Waals surface area contributed by atoms with Gasteiger partial charge in [-0.2, -0.15) is 0 Å². The van der Waals surface area contributed by atoms with Crippen molar-refractivity contribution in [3.8, 4) is 11.4 Å². The Hall–Kier alpha value is -3.01. The van der Waals surface area contributed by atoms with Crippen LogP contribution in [0.2, 0.25) is 0 Å². The number of hydrogen-bond acceptors (Lipinski definition) is 6. The maximum absolute atomic E-state index is 11.8. The molecular formula is C22H29N5O4. The number of nitrogens with zero attached hydrogens (tertiary/aromatic N) is 3. The Balaban J connectivity index is 1.99. The Kier molecular flexibility index (Phi) is 6.89. The van der Waals surface area contributed by atoms with Crippen LogP contribution in [0.5, 0.6) is 0 Å². The average Bonchev–Trinajstić information content (AvgIpc) is 3.05. The summed E-state index contributed by atoms with van der Waals surface area (Å²) in [7, 11) is 4.02. The molecule has 0 unspecified atom stereocenters. The van der Waals surface area contributed by atoms with E-state index in [-0.39, 0.29) is 12.1 Å². The summed E-state index contributed by atoms with van der Waals surface area (Å²) in [6.45, 7) is 5.03. The van der Waals surface area contributed by atoms with Gasteiger partial charge in [-0.3, -0.25) is 14.9 Å². The zero-order valence-electron chi connectivity index (χ0n) is 18.2. The summed E-state index contributed by atoms with van der Waals surface area (Å²) >= 11 is 0. The molecule has 0 fully saturated rings. The van der Waals surface area contributed by atoms with Crippen molar-refractivity contribution >= 4 is 17.0 Å². The molecule has 0 aliphatic heterocycles. The molecule has 0 saturated heterocycles. The van der Waals surface area contributed by atoms with Crippen LogP contribution in [-0.4, -0.2) is 68.4 Å². The molecule has 2 aromatic heterocycles. The number of likely N-dealkylation sites (N-methyl/N-ethyl adjacent to an activating group) is 1. The number of carboxylic acids is 1. The molecule has 9 heteroatoms. The number of hydrogen-bond donors (Lipinski definition) is 4. The van der Waals surface area contributed by atoms with Crippen molar-refractivity contribution in [1.82, 2.24) is 24.8 Å². The van der Waals surface area contributed by atoms with Crippen molar-refractivity contribution in [3.63, 3.8) is 0 Å². The number of imidazole rings is 1. The third-order valence-electron chi connectivity index (χ3n) is 5.21. The molecule has 0 bridgehead atoms. The van der Waals surface area contributed by atoms with Crippen LogP contribution in [-0.2, 0) is 17.9 Å². The lowest BCUT2D eigenvalue weighted by molar-refractivity contribution is -0.142. The first-order valence-corrected chi connectivity index (χ1v) is 10.1. The first kappa shape index (κ1) is 22.7. The van der Waals surface area contributed by atoms with E-state index in [4.69, 9.17) is 4.98 Å². The minimum absolute atomic E-state index is 0.126. The van der Waals surface area contributed by atoms with Crippen molar-refractivity contribution in [3.05, 3.63) is 51.9 Å². The molecule has 1 aromatic carbocycles. The molecule has 0 saturated carbocycles. The molecule has 0 amide bonds. The Labute approximate surface area is 180 Å². The second kappa shape index (κ2) is 9.42. The summed E-state index contributed by atoms with van der Waals surface area (Å²) in [4.78, 5) is 32.7. The van der Waals surface area contributed by atoms with Gasteiger partial charge in [0, 0.05) is 37.0 Å². The molecule has 2 heterocycles. The number of aliphatic hydroxyl groups excluding tert-OH is 1. The van der Waals surface area contributed by atoms with Gasteiger partial charge in [0.25, 0.3) is 5.56 Å². The van der Waals surface area contributed by atoms with Crippen molar-refractivity contribution in [2.75, 3.05) is 20.6 Å². The Morgan fingerprint density at radius 2 is 2.06 bits per heavy atom. The number of carboxylic acid groups (broad SMARTS) is 1. The van der Waals surface area contributed by atoms with E-state index in [1.165, 1.54) is 6.92 Å². The largest absolute Gasteiger partial charge is 0.480 e. The molecule has 0 aliphatic carbocycles. The van der Waals surface area contributed by atoms with Crippen LogP contribution in [0.3, 0.4) is 0 Å². The lowest BCUT2D eigenvalue weighted by Crippen LogP contribution is -2.44. The highest BCUT2D eigenvalue weighted by molar-refractivity contribution is 5.81. The maximum Gasteiger partial charge on any atom is 0.323 e. The minimum Gasteiger partial charge on any atom is -0.480 e. The van der Waals surface area contributed by atoms with Gasteiger partial charge in [-0.05, 0) is 51.7 Å². The standard InChI is InChI=1S/C22H29N5O4/c1-13-9-16(12-24-21(13)29)20-25-17-10-15(11-23-19(14(2)28)22(30)31)5-6-18(17)27(20)8-7-26(3)4/h5-6,9-10,12,14,19,23,28H,7-8,11H2,1-4H3,(H,24,29)(H,30,31)/t14-,19+/m1/s1. The lowest BCUT2D eigenvalue weighted by atomic mass is 10.1. The van der Waals surface area contributed by atoms with E-state index in [0.29, 0.717) is 5.56 Å². The van der Waals surface area contributed by atoms with Crippen molar-refractivity contribution < 1.29 is 15.0 Å². The fourth-order valence-electron chi connectivity index (χ4n) is 3.45. The molecule has 0 spiro atoms. The smallest absolute Gasteiger partial charge is 0.323 e. The predicted molar refractivity (Wildman–Crippen MR) is 119 cm³/mol. The SMILES string of the molecule is Cc1cc(-c2nc3cc(CN[C@H](C(=O)O)[C@@H](C)O)ccc3n2CCN(C)C)c[nH]c1=O. The Bertz CT molecular complexity index is 1130. The quantitative estimate of drug-likeness (QED) is 0.404. The van der Waals surface area contributed by atoms with Gasteiger partial charge in [0.05, 0.1) is 17.1 Å². The molecule has 3 rings (SSSR count). The summed E-state index contributed by atoms with van der Waals surface area (Å²) in [5.74, 6) is -0.339. The predicted octanol–water partition coefficient (Wildman–Crippen LogP) is 1.19. The molecule has 2 atom stereocenters. The highest BCUT2D eigenvalue weighted by atomic mass is 16.4. The zero-order chi connectivity index (χ0) is 22.7. The minimum atomic E-state index is -1.10. The van der Waals surface area contributed by atoms with E-state index in [1.807, 2.05) is 38.4 Å². The van der Waals surface area contributed by atoms with E-state index in [1.54, 1.807) is 13.1 Å².